The fourth-order valence-corrected chi connectivity index (χ4v) is 5.07. The lowest BCUT2D eigenvalue weighted by atomic mass is 10.0. The number of hydrogen-bond acceptors (Lipinski definition) is 3. The van der Waals surface area contributed by atoms with Crippen molar-refractivity contribution in [2.24, 2.45) is 5.41 Å². The quantitative estimate of drug-likeness (QED) is 0.355. The molecule has 3 aliphatic rings. The second-order valence-electron chi connectivity index (χ2n) is 8.14. The number of hydrogen-bond donors (Lipinski definition) is 0. The van der Waals surface area contributed by atoms with Crippen molar-refractivity contribution in [3.8, 4) is 5.75 Å². The van der Waals surface area contributed by atoms with Crippen LogP contribution in [-0.2, 0) is 4.79 Å². The maximum absolute atomic E-state index is 13.5. The molecular formula is C22H21Cl2IN2O2. The van der Waals surface area contributed by atoms with Crippen LogP contribution in [0.4, 0.5) is 11.4 Å². The van der Waals surface area contributed by atoms with Gasteiger partial charge in [0.2, 0.25) is 5.91 Å². The van der Waals surface area contributed by atoms with E-state index in [-0.39, 0.29) is 5.91 Å². The van der Waals surface area contributed by atoms with Gasteiger partial charge in [-0.3, -0.25) is 4.79 Å². The first-order valence-electron chi connectivity index (χ1n) is 9.93. The van der Waals surface area contributed by atoms with Gasteiger partial charge in [-0.05, 0) is 66.5 Å². The summed E-state index contributed by atoms with van der Waals surface area (Å²) in [5.41, 5.74) is 1.74. The fourth-order valence-electron chi connectivity index (χ4n) is 4.05. The van der Waals surface area contributed by atoms with Crippen LogP contribution in [0.1, 0.15) is 25.7 Å². The number of anilines is 2. The molecule has 0 aromatic heterocycles. The van der Waals surface area contributed by atoms with E-state index in [0.29, 0.717) is 28.4 Å². The normalized spacial score (nSPS) is 19.7. The molecule has 0 bridgehead atoms. The standard InChI is InChI=1S/C22H21Cl2IN2O2/c23-15-12-20(16(24)11-17(15)25)29-13-22(7-8-22)21(28)27-10-9-26(14-5-6-14)18-3-1-2-4-19(18)27/h1-4,11-12,14H,5-10,13H2. The Labute approximate surface area is 194 Å². The van der Waals surface area contributed by atoms with E-state index < -0.39 is 5.41 Å². The number of carbonyl (C=O) groups is 1. The Balaban J connectivity index is 1.35. The minimum absolute atomic E-state index is 0.160. The van der Waals surface area contributed by atoms with E-state index >= 15 is 0 Å². The number of amides is 1. The molecule has 29 heavy (non-hydrogen) atoms. The average Bonchev–Trinajstić information content (AvgIpc) is 3.63. The van der Waals surface area contributed by atoms with Crippen molar-refractivity contribution in [2.75, 3.05) is 29.5 Å². The summed E-state index contributed by atoms with van der Waals surface area (Å²) in [7, 11) is 0. The average molecular weight is 543 g/mol. The summed E-state index contributed by atoms with van der Waals surface area (Å²) < 4.78 is 6.87. The highest BCUT2D eigenvalue weighted by molar-refractivity contribution is 14.1. The molecule has 0 N–H and O–H groups in total. The molecular weight excluding hydrogens is 522 g/mol. The minimum Gasteiger partial charge on any atom is -0.491 e. The maximum Gasteiger partial charge on any atom is 0.236 e. The predicted molar refractivity (Wildman–Crippen MR) is 126 cm³/mol. The Morgan fingerprint density at radius 1 is 1.10 bits per heavy atom. The monoisotopic (exact) mass is 542 g/mol. The molecule has 2 fully saturated rings. The van der Waals surface area contributed by atoms with E-state index in [0.717, 1.165) is 35.2 Å². The van der Waals surface area contributed by atoms with Crippen molar-refractivity contribution in [1.29, 1.82) is 0 Å². The van der Waals surface area contributed by atoms with Crippen LogP contribution in [0.5, 0.6) is 5.75 Å². The van der Waals surface area contributed by atoms with Crippen LogP contribution in [0.2, 0.25) is 10.0 Å². The highest BCUT2D eigenvalue weighted by Crippen LogP contribution is 2.50. The van der Waals surface area contributed by atoms with Crippen LogP contribution in [0.15, 0.2) is 36.4 Å². The van der Waals surface area contributed by atoms with E-state index in [4.69, 9.17) is 27.9 Å². The Morgan fingerprint density at radius 2 is 1.83 bits per heavy atom. The third-order valence-electron chi connectivity index (χ3n) is 6.07. The lowest BCUT2D eigenvalue weighted by Gasteiger charge is -2.39. The summed E-state index contributed by atoms with van der Waals surface area (Å²) in [5, 5.41) is 1.12. The van der Waals surface area contributed by atoms with Gasteiger partial charge in [-0.25, -0.2) is 0 Å². The third kappa shape index (κ3) is 3.70. The van der Waals surface area contributed by atoms with Crippen LogP contribution < -0.4 is 14.5 Å². The Kier molecular flexibility index (Phi) is 5.11. The predicted octanol–water partition coefficient (Wildman–Crippen LogP) is 5.77. The fraction of sp³-hybridized carbons (Fsp3) is 0.409. The molecule has 0 radical (unpaired) electrons. The Hall–Kier alpha value is -1.18. The molecule has 0 atom stereocenters. The van der Waals surface area contributed by atoms with E-state index in [2.05, 4.69) is 45.7 Å². The molecule has 1 amide bonds. The van der Waals surface area contributed by atoms with Gasteiger partial charge in [0.05, 0.1) is 26.8 Å². The molecule has 4 nitrogen and oxygen atoms in total. The van der Waals surface area contributed by atoms with Gasteiger partial charge in [0.25, 0.3) is 0 Å². The summed E-state index contributed by atoms with van der Waals surface area (Å²) in [6.07, 6.45) is 4.18. The number of carbonyl (C=O) groups excluding carboxylic acids is 1. The number of fused-ring (bicyclic) bond motifs is 1. The second kappa shape index (κ2) is 7.50. The number of nitrogens with zero attached hydrogens (tertiary/aromatic N) is 2. The molecule has 2 aliphatic carbocycles. The third-order valence-corrected chi connectivity index (χ3v) is 7.88. The molecule has 5 rings (SSSR count). The van der Waals surface area contributed by atoms with Crippen molar-refractivity contribution in [1.82, 2.24) is 0 Å². The number of para-hydroxylation sites is 2. The number of benzene rings is 2. The highest BCUT2D eigenvalue weighted by atomic mass is 127. The maximum atomic E-state index is 13.5. The summed E-state index contributed by atoms with van der Waals surface area (Å²) in [4.78, 5) is 18.0. The SMILES string of the molecule is O=C(N1CCN(C2CC2)c2ccccc21)C1(COc2cc(Cl)c(I)cc2Cl)CC1. The molecule has 7 heteroatoms. The molecule has 2 saturated carbocycles. The second-order valence-corrected chi connectivity index (χ2v) is 10.1. The van der Waals surface area contributed by atoms with E-state index in [1.165, 1.54) is 18.5 Å². The molecule has 0 unspecified atom stereocenters. The van der Waals surface area contributed by atoms with Crippen molar-refractivity contribution in [2.45, 2.75) is 31.7 Å². The zero-order chi connectivity index (χ0) is 20.2. The summed E-state index contributed by atoms with van der Waals surface area (Å²) >= 11 is 14.7. The molecule has 2 aromatic rings. The number of halogens is 3. The first-order chi connectivity index (χ1) is 14.0. The summed E-state index contributed by atoms with van der Waals surface area (Å²) in [6.45, 7) is 1.95. The van der Waals surface area contributed by atoms with E-state index in [1.54, 1.807) is 12.1 Å². The first-order valence-corrected chi connectivity index (χ1v) is 11.8. The van der Waals surface area contributed by atoms with Crippen LogP contribution in [0, 0.1) is 8.99 Å². The number of rotatable bonds is 5. The minimum atomic E-state index is -0.465. The molecule has 0 spiro atoms. The lowest BCUT2D eigenvalue weighted by molar-refractivity contribution is -0.124. The van der Waals surface area contributed by atoms with Gasteiger partial charge >= 0.3 is 0 Å². The Bertz CT molecular complexity index is 975. The van der Waals surface area contributed by atoms with Crippen LogP contribution in [0.25, 0.3) is 0 Å². The van der Waals surface area contributed by atoms with Crippen molar-refractivity contribution < 1.29 is 9.53 Å². The van der Waals surface area contributed by atoms with Crippen molar-refractivity contribution in [3.63, 3.8) is 0 Å². The van der Waals surface area contributed by atoms with Crippen LogP contribution >= 0.6 is 45.8 Å². The first kappa shape index (κ1) is 19.8. The highest BCUT2D eigenvalue weighted by Gasteiger charge is 2.53. The zero-order valence-electron chi connectivity index (χ0n) is 15.8. The summed E-state index contributed by atoms with van der Waals surface area (Å²) in [5.74, 6) is 0.697. The molecule has 1 aliphatic heterocycles. The van der Waals surface area contributed by atoms with Crippen molar-refractivity contribution in [3.05, 3.63) is 50.0 Å². The van der Waals surface area contributed by atoms with Crippen LogP contribution in [-0.4, -0.2) is 31.6 Å². The topological polar surface area (TPSA) is 32.8 Å². The van der Waals surface area contributed by atoms with Gasteiger partial charge in [-0.15, -0.1) is 0 Å². The molecule has 2 aromatic carbocycles. The number of ether oxygens (including phenoxy) is 1. The van der Waals surface area contributed by atoms with Crippen LogP contribution in [0.3, 0.4) is 0 Å². The van der Waals surface area contributed by atoms with Gasteiger partial charge in [0, 0.05) is 28.8 Å². The molecule has 1 heterocycles. The molecule has 152 valence electrons. The van der Waals surface area contributed by atoms with Gasteiger partial charge in [0.15, 0.2) is 0 Å². The summed E-state index contributed by atoms with van der Waals surface area (Å²) in [6, 6.07) is 12.4. The largest absolute Gasteiger partial charge is 0.491 e. The van der Waals surface area contributed by atoms with Crippen molar-refractivity contribution >= 4 is 63.1 Å². The van der Waals surface area contributed by atoms with Gasteiger partial charge in [-0.1, -0.05) is 35.3 Å². The molecule has 0 saturated heterocycles. The van der Waals surface area contributed by atoms with Gasteiger partial charge in [-0.2, -0.15) is 0 Å². The van der Waals surface area contributed by atoms with E-state index in [1.807, 2.05) is 11.0 Å². The zero-order valence-corrected chi connectivity index (χ0v) is 19.5. The van der Waals surface area contributed by atoms with E-state index in [9.17, 15) is 4.79 Å². The van der Waals surface area contributed by atoms with Gasteiger partial charge < -0.3 is 14.5 Å². The lowest BCUT2D eigenvalue weighted by Crippen LogP contribution is -2.48. The van der Waals surface area contributed by atoms with Gasteiger partial charge in [0.1, 0.15) is 12.4 Å². The Morgan fingerprint density at radius 3 is 2.52 bits per heavy atom. The smallest absolute Gasteiger partial charge is 0.236 e.